The van der Waals surface area contributed by atoms with Crippen LogP contribution in [0.2, 0.25) is 0 Å². The Labute approximate surface area is 130 Å². The quantitative estimate of drug-likeness (QED) is 0.838. The summed E-state index contributed by atoms with van der Waals surface area (Å²) in [6.45, 7) is 3.71. The van der Waals surface area contributed by atoms with Crippen molar-refractivity contribution in [3.8, 4) is 5.75 Å². The van der Waals surface area contributed by atoms with E-state index in [9.17, 15) is 14.7 Å². The summed E-state index contributed by atoms with van der Waals surface area (Å²) in [5.74, 6) is -0.397. The van der Waals surface area contributed by atoms with E-state index in [1.54, 1.807) is 6.07 Å². The van der Waals surface area contributed by atoms with Crippen molar-refractivity contribution < 1.29 is 19.4 Å². The zero-order chi connectivity index (χ0) is 16.1. The monoisotopic (exact) mass is 305 g/mol. The summed E-state index contributed by atoms with van der Waals surface area (Å²) in [4.78, 5) is 23.7. The molecule has 2 rings (SSSR count). The minimum absolute atomic E-state index is 0.0740. The summed E-state index contributed by atoms with van der Waals surface area (Å²) in [6.07, 6.45) is 4.17. The minimum atomic E-state index is -0.690. The molecule has 1 amide bonds. The normalized spacial score (nSPS) is 21.2. The molecule has 1 fully saturated rings. The number of hydrogen-bond acceptors (Lipinski definition) is 4. The maximum absolute atomic E-state index is 11.9. The van der Waals surface area contributed by atoms with Crippen LogP contribution in [0.15, 0.2) is 18.2 Å². The van der Waals surface area contributed by atoms with Crippen LogP contribution in [-0.2, 0) is 9.53 Å². The largest absolute Gasteiger partial charge is 0.507 e. The van der Waals surface area contributed by atoms with Gasteiger partial charge in [0.15, 0.2) is 6.61 Å². The highest BCUT2D eigenvalue weighted by Crippen LogP contribution is 2.23. The molecule has 2 N–H and O–H groups in total. The first kappa shape index (κ1) is 16.3. The molecular weight excluding hydrogens is 282 g/mol. The van der Waals surface area contributed by atoms with E-state index in [1.807, 2.05) is 6.92 Å². The van der Waals surface area contributed by atoms with Gasteiger partial charge < -0.3 is 15.2 Å². The number of aromatic hydroxyl groups is 1. The predicted molar refractivity (Wildman–Crippen MR) is 82.7 cm³/mol. The fourth-order valence-corrected chi connectivity index (χ4v) is 2.70. The Morgan fingerprint density at radius 3 is 2.59 bits per heavy atom. The highest BCUT2D eigenvalue weighted by Gasteiger charge is 2.20. The van der Waals surface area contributed by atoms with Crippen molar-refractivity contribution in [2.24, 2.45) is 5.92 Å². The number of ether oxygens (including phenoxy) is 1. The van der Waals surface area contributed by atoms with Crippen molar-refractivity contribution in [3.63, 3.8) is 0 Å². The highest BCUT2D eigenvalue weighted by molar-refractivity contribution is 5.93. The summed E-state index contributed by atoms with van der Waals surface area (Å²) >= 11 is 0. The second-order valence-electron chi connectivity index (χ2n) is 6.12. The Morgan fingerprint density at radius 1 is 1.27 bits per heavy atom. The molecule has 1 aromatic carbocycles. The van der Waals surface area contributed by atoms with E-state index in [1.165, 1.54) is 12.1 Å². The van der Waals surface area contributed by atoms with Crippen LogP contribution >= 0.6 is 0 Å². The van der Waals surface area contributed by atoms with Gasteiger partial charge in [-0.3, -0.25) is 4.79 Å². The second kappa shape index (κ2) is 7.29. The predicted octanol–water partition coefficient (Wildman–Crippen LogP) is 2.55. The molecule has 5 heteroatoms. The molecule has 0 radical (unpaired) electrons. The molecule has 5 nitrogen and oxygen atoms in total. The van der Waals surface area contributed by atoms with E-state index in [4.69, 9.17) is 4.74 Å². The topological polar surface area (TPSA) is 75.6 Å². The smallest absolute Gasteiger partial charge is 0.342 e. The summed E-state index contributed by atoms with van der Waals surface area (Å²) in [5, 5.41) is 12.6. The van der Waals surface area contributed by atoms with Crippen molar-refractivity contribution in [1.29, 1.82) is 0 Å². The van der Waals surface area contributed by atoms with Crippen LogP contribution < -0.4 is 5.32 Å². The number of esters is 1. The minimum Gasteiger partial charge on any atom is -0.507 e. The molecule has 0 saturated heterocycles. The van der Waals surface area contributed by atoms with Crippen molar-refractivity contribution in [2.75, 3.05) is 6.61 Å². The third-order valence-electron chi connectivity index (χ3n) is 4.09. The van der Waals surface area contributed by atoms with Crippen LogP contribution in [0, 0.1) is 12.8 Å². The molecule has 0 aliphatic heterocycles. The standard InChI is InChI=1S/C17H23NO4/c1-11-3-6-13(7-4-11)18-16(20)10-22-17(21)14-8-5-12(2)9-15(14)19/h5,8-9,11,13,19H,3-4,6-7,10H2,1-2H3,(H,18,20). The van der Waals surface area contributed by atoms with Gasteiger partial charge in [0.1, 0.15) is 11.3 Å². The first-order chi connectivity index (χ1) is 10.5. The van der Waals surface area contributed by atoms with Gasteiger partial charge in [-0.1, -0.05) is 13.0 Å². The number of benzene rings is 1. The second-order valence-corrected chi connectivity index (χ2v) is 6.12. The molecular formula is C17H23NO4. The summed E-state index contributed by atoms with van der Waals surface area (Å²) in [5.41, 5.74) is 0.920. The van der Waals surface area contributed by atoms with Crippen molar-refractivity contribution >= 4 is 11.9 Å². The van der Waals surface area contributed by atoms with Crippen molar-refractivity contribution in [3.05, 3.63) is 29.3 Å². The van der Waals surface area contributed by atoms with E-state index in [0.29, 0.717) is 0 Å². The lowest BCUT2D eigenvalue weighted by Gasteiger charge is -2.26. The third kappa shape index (κ3) is 4.48. The SMILES string of the molecule is Cc1ccc(C(=O)OCC(=O)NC2CCC(C)CC2)c(O)c1. The van der Waals surface area contributed by atoms with Gasteiger partial charge >= 0.3 is 5.97 Å². The fourth-order valence-electron chi connectivity index (χ4n) is 2.70. The van der Waals surface area contributed by atoms with Crippen LogP contribution in [0.25, 0.3) is 0 Å². The number of nitrogens with one attached hydrogen (secondary N) is 1. The van der Waals surface area contributed by atoms with Gasteiger partial charge in [0, 0.05) is 6.04 Å². The van der Waals surface area contributed by atoms with Crippen LogP contribution in [-0.4, -0.2) is 29.6 Å². The number of amides is 1. The Kier molecular flexibility index (Phi) is 5.41. The van der Waals surface area contributed by atoms with Crippen LogP contribution in [0.1, 0.15) is 48.5 Å². The molecule has 0 heterocycles. The Bertz CT molecular complexity index is 548. The Morgan fingerprint density at radius 2 is 1.95 bits per heavy atom. The number of phenols is 1. The Balaban J connectivity index is 1.79. The van der Waals surface area contributed by atoms with Gasteiger partial charge in [0.05, 0.1) is 0 Å². The van der Waals surface area contributed by atoms with Crippen molar-refractivity contribution in [2.45, 2.75) is 45.6 Å². The molecule has 0 unspecified atom stereocenters. The number of aryl methyl sites for hydroxylation is 1. The molecule has 1 aromatic rings. The highest BCUT2D eigenvalue weighted by atomic mass is 16.5. The molecule has 22 heavy (non-hydrogen) atoms. The molecule has 120 valence electrons. The fraction of sp³-hybridized carbons (Fsp3) is 0.529. The summed E-state index contributed by atoms with van der Waals surface area (Å²) in [6, 6.07) is 4.86. The van der Waals surface area contributed by atoms with E-state index in [0.717, 1.165) is 37.2 Å². The molecule has 0 atom stereocenters. The third-order valence-corrected chi connectivity index (χ3v) is 4.09. The van der Waals surface area contributed by atoms with E-state index in [-0.39, 0.29) is 29.9 Å². The average Bonchev–Trinajstić information content (AvgIpc) is 2.47. The lowest BCUT2D eigenvalue weighted by atomic mass is 9.87. The van der Waals surface area contributed by atoms with Crippen LogP contribution in [0.4, 0.5) is 0 Å². The number of phenolic OH excluding ortho intramolecular Hbond substituents is 1. The van der Waals surface area contributed by atoms with Gasteiger partial charge in [-0.05, 0) is 56.2 Å². The first-order valence-electron chi connectivity index (χ1n) is 7.72. The van der Waals surface area contributed by atoms with E-state index in [2.05, 4.69) is 12.2 Å². The maximum Gasteiger partial charge on any atom is 0.342 e. The number of rotatable bonds is 4. The number of carbonyl (C=O) groups is 2. The summed E-state index contributed by atoms with van der Waals surface area (Å²) < 4.78 is 4.96. The van der Waals surface area contributed by atoms with Gasteiger partial charge in [0.2, 0.25) is 0 Å². The zero-order valence-corrected chi connectivity index (χ0v) is 13.1. The van der Waals surface area contributed by atoms with Crippen molar-refractivity contribution in [1.82, 2.24) is 5.32 Å². The van der Waals surface area contributed by atoms with Gasteiger partial charge in [-0.15, -0.1) is 0 Å². The van der Waals surface area contributed by atoms with E-state index >= 15 is 0 Å². The lowest BCUT2D eigenvalue weighted by Crippen LogP contribution is -2.39. The lowest BCUT2D eigenvalue weighted by molar-refractivity contribution is -0.125. The number of hydrogen-bond donors (Lipinski definition) is 2. The molecule has 1 aliphatic carbocycles. The number of carbonyl (C=O) groups excluding carboxylic acids is 2. The van der Waals surface area contributed by atoms with Gasteiger partial charge in [-0.2, -0.15) is 0 Å². The van der Waals surface area contributed by atoms with Crippen LogP contribution in [0.5, 0.6) is 5.75 Å². The van der Waals surface area contributed by atoms with Gasteiger partial charge in [-0.25, -0.2) is 4.79 Å². The summed E-state index contributed by atoms with van der Waals surface area (Å²) in [7, 11) is 0. The molecule has 0 bridgehead atoms. The molecule has 0 spiro atoms. The molecule has 1 aliphatic rings. The maximum atomic E-state index is 11.9. The molecule has 0 aromatic heterocycles. The first-order valence-corrected chi connectivity index (χ1v) is 7.72. The Hall–Kier alpha value is -2.04. The van der Waals surface area contributed by atoms with Gasteiger partial charge in [0.25, 0.3) is 5.91 Å². The zero-order valence-electron chi connectivity index (χ0n) is 13.1. The van der Waals surface area contributed by atoms with E-state index < -0.39 is 5.97 Å². The molecule has 1 saturated carbocycles. The van der Waals surface area contributed by atoms with Crippen LogP contribution in [0.3, 0.4) is 0 Å². The average molecular weight is 305 g/mol.